The van der Waals surface area contributed by atoms with Gasteiger partial charge < -0.3 is 18.9 Å². The molecule has 0 spiro atoms. The summed E-state index contributed by atoms with van der Waals surface area (Å²) in [5.74, 6) is -0.488. The van der Waals surface area contributed by atoms with Crippen molar-refractivity contribution in [2.45, 2.75) is 0 Å². The van der Waals surface area contributed by atoms with Gasteiger partial charge in [-0.2, -0.15) is 5.10 Å². The van der Waals surface area contributed by atoms with Crippen molar-refractivity contribution in [1.82, 2.24) is 9.78 Å². The maximum Gasteiger partial charge on any atom is 0.357 e. The van der Waals surface area contributed by atoms with Gasteiger partial charge in [-0.3, -0.25) is 0 Å². The van der Waals surface area contributed by atoms with Gasteiger partial charge in [-0.15, -0.1) is 0 Å². The van der Waals surface area contributed by atoms with Gasteiger partial charge in [-0.1, -0.05) is 54.6 Å². The molecule has 0 amide bonds. The zero-order valence-electron chi connectivity index (χ0n) is 20.7. The molecule has 0 atom stereocenters. The fourth-order valence-electron chi connectivity index (χ4n) is 3.78. The molecule has 188 valence electrons. The van der Waals surface area contributed by atoms with E-state index < -0.39 is 11.9 Å². The Morgan fingerprint density at radius 1 is 0.838 bits per heavy atom. The summed E-state index contributed by atoms with van der Waals surface area (Å²) in [6.45, 7) is 0.327. The topological polar surface area (TPSA) is 88.9 Å². The van der Waals surface area contributed by atoms with Crippen LogP contribution in [0.5, 0.6) is 11.5 Å². The SMILES string of the molecule is COC(=O)c1c(-c2ccc(OCC=Cc3ccccc3)c(OC)c2)nn(-c2ccccc2)c1C(=O)OC. The molecular formula is C29H26N2O6. The van der Waals surface area contributed by atoms with Gasteiger partial charge in [0.15, 0.2) is 17.2 Å². The summed E-state index contributed by atoms with van der Waals surface area (Å²) < 4.78 is 22.8. The first-order valence-electron chi connectivity index (χ1n) is 11.4. The first-order valence-corrected chi connectivity index (χ1v) is 11.4. The number of esters is 2. The van der Waals surface area contributed by atoms with Crippen LogP contribution in [0.1, 0.15) is 26.4 Å². The fraction of sp³-hybridized carbons (Fsp3) is 0.138. The lowest BCUT2D eigenvalue weighted by atomic mass is 10.0. The summed E-state index contributed by atoms with van der Waals surface area (Å²) >= 11 is 0. The molecule has 0 bridgehead atoms. The van der Waals surface area contributed by atoms with Gasteiger partial charge in [0.25, 0.3) is 0 Å². The number of para-hydroxylation sites is 1. The van der Waals surface area contributed by atoms with Crippen LogP contribution in [0, 0.1) is 0 Å². The van der Waals surface area contributed by atoms with Crippen LogP contribution in [0.25, 0.3) is 23.0 Å². The molecule has 0 aliphatic heterocycles. The van der Waals surface area contributed by atoms with Crippen molar-refractivity contribution in [3.63, 3.8) is 0 Å². The second kappa shape index (κ2) is 11.7. The normalized spacial score (nSPS) is 10.8. The number of aromatic nitrogens is 2. The third-order valence-corrected chi connectivity index (χ3v) is 5.54. The van der Waals surface area contributed by atoms with Gasteiger partial charge in [0.05, 0.1) is 27.0 Å². The molecule has 0 radical (unpaired) electrons. The van der Waals surface area contributed by atoms with Crippen LogP contribution >= 0.6 is 0 Å². The van der Waals surface area contributed by atoms with Crippen LogP contribution in [0.4, 0.5) is 0 Å². The molecular weight excluding hydrogens is 472 g/mol. The molecule has 8 heteroatoms. The van der Waals surface area contributed by atoms with Crippen molar-refractivity contribution >= 4 is 18.0 Å². The zero-order chi connectivity index (χ0) is 26.2. The number of carbonyl (C=O) groups excluding carboxylic acids is 2. The van der Waals surface area contributed by atoms with Crippen molar-refractivity contribution < 1.29 is 28.5 Å². The number of ether oxygens (including phenoxy) is 4. The minimum atomic E-state index is -0.722. The Labute approximate surface area is 214 Å². The van der Waals surface area contributed by atoms with Crippen molar-refractivity contribution in [2.24, 2.45) is 0 Å². The molecule has 4 aromatic rings. The van der Waals surface area contributed by atoms with Crippen molar-refractivity contribution in [3.05, 3.63) is 102 Å². The van der Waals surface area contributed by atoms with E-state index in [0.717, 1.165) is 5.56 Å². The first kappa shape index (κ1) is 25.2. The van der Waals surface area contributed by atoms with Crippen LogP contribution in [0.2, 0.25) is 0 Å². The summed E-state index contributed by atoms with van der Waals surface area (Å²) in [6, 6.07) is 24.0. The average Bonchev–Trinajstić information content (AvgIpc) is 3.36. The monoisotopic (exact) mass is 498 g/mol. The lowest BCUT2D eigenvalue weighted by Crippen LogP contribution is -2.15. The van der Waals surface area contributed by atoms with E-state index in [9.17, 15) is 9.59 Å². The van der Waals surface area contributed by atoms with Crippen molar-refractivity contribution in [2.75, 3.05) is 27.9 Å². The Kier molecular flexibility index (Phi) is 8.00. The molecule has 37 heavy (non-hydrogen) atoms. The highest BCUT2D eigenvalue weighted by molar-refractivity contribution is 6.06. The Morgan fingerprint density at radius 3 is 2.16 bits per heavy atom. The minimum Gasteiger partial charge on any atom is -0.493 e. The molecule has 0 aliphatic rings. The van der Waals surface area contributed by atoms with E-state index in [4.69, 9.17) is 18.9 Å². The summed E-state index contributed by atoms with van der Waals surface area (Å²) in [5.41, 5.74) is 2.37. The van der Waals surface area contributed by atoms with Crippen LogP contribution in [-0.4, -0.2) is 49.7 Å². The molecule has 0 N–H and O–H groups in total. The highest BCUT2D eigenvalue weighted by Gasteiger charge is 2.31. The van der Waals surface area contributed by atoms with Crippen LogP contribution < -0.4 is 9.47 Å². The predicted molar refractivity (Wildman–Crippen MR) is 139 cm³/mol. The summed E-state index contributed by atoms with van der Waals surface area (Å²) in [4.78, 5) is 25.6. The maximum absolute atomic E-state index is 12.9. The van der Waals surface area contributed by atoms with Gasteiger partial charge in [0.2, 0.25) is 0 Å². The highest BCUT2D eigenvalue weighted by atomic mass is 16.5. The predicted octanol–water partition coefficient (Wildman–Crippen LogP) is 5.21. The molecule has 0 saturated heterocycles. The molecule has 0 aliphatic carbocycles. The summed E-state index contributed by atoms with van der Waals surface area (Å²) in [5, 5.41) is 4.61. The quantitative estimate of drug-likeness (QED) is 0.293. The zero-order valence-corrected chi connectivity index (χ0v) is 20.7. The second-order valence-corrected chi connectivity index (χ2v) is 7.79. The molecule has 0 fully saturated rings. The van der Waals surface area contributed by atoms with Gasteiger partial charge in [0.1, 0.15) is 17.9 Å². The number of rotatable bonds is 9. The molecule has 1 aromatic heterocycles. The number of hydrogen-bond donors (Lipinski definition) is 0. The number of benzene rings is 3. The third-order valence-electron chi connectivity index (χ3n) is 5.54. The van der Waals surface area contributed by atoms with E-state index >= 15 is 0 Å². The van der Waals surface area contributed by atoms with E-state index in [1.54, 1.807) is 42.5 Å². The first-order chi connectivity index (χ1) is 18.1. The lowest BCUT2D eigenvalue weighted by Gasteiger charge is -2.11. The Hall–Kier alpha value is -4.85. The Bertz CT molecular complexity index is 1410. The fourth-order valence-corrected chi connectivity index (χ4v) is 3.78. The largest absolute Gasteiger partial charge is 0.493 e. The van der Waals surface area contributed by atoms with Crippen molar-refractivity contribution in [3.8, 4) is 28.4 Å². The average molecular weight is 499 g/mol. The Balaban J connectivity index is 1.72. The number of carbonyl (C=O) groups is 2. The lowest BCUT2D eigenvalue weighted by molar-refractivity contribution is 0.0549. The van der Waals surface area contributed by atoms with Gasteiger partial charge in [-0.05, 0) is 42.0 Å². The molecule has 8 nitrogen and oxygen atoms in total. The molecule has 0 saturated carbocycles. The van der Waals surface area contributed by atoms with E-state index in [0.29, 0.717) is 29.4 Å². The van der Waals surface area contributed by atoms with E-state index in [1.165, 1.54) is 26.0 Å². The number of hydrogen-bond acceptors (Lipinski definition) is 7. The van der Waals surface area contributed by atoms with E-state index in [-0.39, 0.29) is 17.0 Å². The Morgan fingerprint density at radius 2 is 1.51 bits per heavy atom. The molecule has 4 rings (SSSR count). The van der Waals surface area contributed by atoms with E-state index in [1.807, 2.05) is 48.6 Å². The molecule has 1 heterocycles. The van der Waals surface area contributed by atoms with Gasteiger partial charge in [0, 0.05) is 5.56 Å². The molecule has 3 aromatic carbocycles. The highest BCUT2D eigenvalue weighted by Crippen LogP contribution is 2.35. The number of methoxy groups -OCH3 is 3. The summed E-state index contributed by atoms with van der Waals surface area (Å²) in [7, 11) is 4.01. The van der Waals surface area contributed by atoms with Crippen LogP contribution in [0.3, 0.4) is 0 Å². The summed E-state index contributed by atoms with van der Waals surface area (Å²) in [6.07, 6.45) is 3.87. The standard InChI is InChI=1S/C29H26N2O6/c1-34-24-19-21(16-17-23(24)37-18-10-13-20-11-6-4-7-12-20)26-25(28(32)35-2)27(29(33)36-3)31(30-26)22-14-8-5-9-15-22/h4-17,19H,18H2,1-3H3. The molecule has 0 unspecified atom stereocenters. The minimum absolute atomic E-state index is 0.0141. The van der Waals surface area contributed by atoms with Gasteiger partial charge in [-0.25, -0.2) is 14.3 Å². The van der Waals surface area contributed by atoms with Crippen molar-refractivity contribution in [1.29, 1.82) is 0 Å². The third kappa shape index (κ3) is 5.54. The second-order valence-electron chi connectivity index (χ2n) is 7.79. The smallest absolute Gasteiger partial charge is 0.357 e. The maximum atomic E-state index is 12.9. The number of nitrogens with zero attached hydrogens (tertiary/aromatic N) is 2. The van der Waals surface area contributed by atoms with Crippen LogP contribution in [-0.2, 0) is 9.47 Å². The van der Waals surface area contributed by atoms with Gasteiger partial charge >= 0.3 is 11.9 Å². The van der Waals surface area contributed by atoms with Crippen LogP contribution in [0.15, 0.2) is 84.9 Å². The van der Waals surface area contributed by atoms with E-state index in [2.05, 4.69) is 5.10 Å².